The molecule has 1 saturated carbocycles. The van der Waals surface area contributed by atoms with Gasteiger partial charge in [0.25, 0.3) is 0 Å². The highest BCUT2D eigenvalue weighted by molar-refractivity contribution is 6.01. The van der Waals surface area contributed by atoms with Gasteiger partial charge in [0.05, 0.1) is 17.8 Å². The lowest BCUT2D eigenvalue weighted by Gasteiger charge is -2.42. The first-order valence-corrected chi connectivity index (χ1v) is 9.25. The summed E-state index contributed by atoms with van der Waals surface area (Å²) in [6.07, 6.45) is 8.51. The maximum absolute atomic E-state index is 13.1. The van der Waals surface area contributed by atoms with Crippen molar-refractivity contribution in [2.24, 2.45) is 0 Å². The number of allylic oxidation sites excluding steroid dienone is 1. The minimum absolute atomic E-state index is 0.168. The molecule has 130 valence electrons. The minimum Gasteiger partial charge on any atom is -0.306 e. The molecule has 1 aliphatic carbocycles. The summed E-state index contributed by atoms with van der Waals surface area (Å²) in [5.74, 6) is 0.168. The number of carbonyl (C=O) groups is 1. The highest BCUT2D eigenvalue weighted by Gasteiger charge is 2.35. The van der Waals surface area contributed by atoms with E-state index in [4.69, 9.17) is 0 Å². The van der Waals surface area contributed by atoms with Crippen molar-refractivity contribution in [3.63, 3.8) is 0 Å². The summed E-state index contributed by atoms with van der Waals surface area (Å²) in [5.41, 5.74) is 4.37. The number of nitrogens with zero attached hydrogens (tertiary/aromatic N) is 1. The largest absolute Gasteiger partial charge is 0.306 e. The van der Waals surface area contributed by atoms with E-state index in [0.29, 0.717) is 12.6 Å². The van der Waals surface area contributed by atoms with E-state index in [1.165, 1.54) is 48.8 Å². The van der Waals surface area contributed by atoms with E-state index in [1.54, 1.807) is 0 Å². The van der Waals surface area contributed by atoms with Crippen LogP contribution in [0.2, 0.25) is 0 Å². The van der Waals surface area contributed by atoms with Gasteiger partial charge in [-0.15, -0.1) is 0 Å². The molecule has 3 nitrogen and oxygen atoms in total. The van der Waals surface area contributed by atoms with Crippen LogP contribution in [0, 0.1) is 6.92 Å². The smallest absolute Gasteiger partial charge is 0.241 e. The van der Waals surface area contributed by atoms with Crippen molar-refractivity contribution < 1.29 is 4.79 Å². The number of carbonyl (C=O) groups excluding carboxylic acids is 1. The molecule has 24 heavy (non-hydrogen) atoms. The number of amides is 1. The molecule has 3 rings (SSSR count). The van der Waals surface area contributed by atoms with Crippen molar-refractivity contribution in [2.45, 2.75) is 71.4 Å². The minimum atomic E-state index is -0.295. The van der Waals surface area contributed by atoms with Gasteiger partial charge in [0.2, 0.25) is 5.91 Å². The molecule has 3 heteroatoms. The van der Waals surface area contributed by atoms with Gasteiger partial charge in [-0.1, -0.05) is 37.5 Å². The van der Waals surface area contributed by atoms with Crippen LogP contribution in [0.4, 0.5) is 5.69 Å². The summed E-state index contributed by atoms with van der Waals surface area (Å²) >= 11 is 0. The van der Waals surface area contributed by atoms with E-state index < -0.39 is 0 Å². The molecule has 1 fully saturated rings. The molecule has 2 aliphatic rings. The van der Waals surface area contributed by atoms with E-state index in [1.807, 2.05) is 4.90 Å². The van der Waals surface area contributed by atoms with Crippen LogP contribution in [0.15, 0.2) is 24.3 Å². The van der Waals surface area contributed by atoms with Crippen molar-refractivity contribution in [1.29, 1.82) is 0 Å². The molecule has 0 aromatic heterocycles. The SMILES string of the molecule is CC1=CC(C)(C)N(C(=O)CNC2CCCCC2)c2cc(C)ccc21. The third-order valence-electron chi connectivity index (χ3n) is 5.36. The highest BCUT2D eigenvalue weighted by Crippen LogP contribution is 2.39. The van der Waals surface area contributed by atoms with Gasteiger partial charge in [0.15, 0.2) is 0 Å². The first-order valence-electron chi connectivity index (χ1n) is 9.25. The van der Waals surface area contributed by atoms with Crippen molar-refractivity contribution in [2.75, 3.05) is 11.4 Å². The molecule has 0 radical (unpaired) electrons. The molecule has 0 saturated heterocycles. The number of nitrogens with one attached hydrogen (secondary N) is 1. The van der Waals surface area contributed by atoms with Crippen LogP contribution in [0.3, 0.4) is 0 Å². The van der Waals surface area contributed by atoms with Crippen LogP contribution in [-0.4, -0.2) is 24.0 Å². The van der Waals surface area contributed by atoms with Crippen molar-refractivity contribution in [1.82, 2.24) is 5.32 Å². The fourth-order valence-corrected chi connectivity index (χ4v) is 4.22. The maximum atomic E-state index is 13.1. The second-order valence-electron chi connectivity index (χ2n) is 7.95. The molecule has 1 aliphatic heterocycles. The number of aryl methyl sites for hydroxylation is 1. The zero-order chi connectivity index (χ0) is 17.3. The van der Waals surface area contributed by atoms with Gasteiger partial charge in [-0.3, -0.25) is 4.79 Å². The van der Waals surface area contributed by atoms with Crippen LogP contribution in [0.5, 0.6) is 0 Å². The number of rotatable bonds is 3. The molecule has 1 aromatic carbocycles. The Hall–Kier alpha value is -1.61. The normalized spacial score (nSPS) is 20.5. The third kappa shape index (κ3) is 3.41. The molecule has 0 atom stereocenters. The number of fused-ring (bicyclic) bond motifs is 1. The lowest BCUT2D eigenvalue weighted by Crippen LogP contribution is -2.52. The van der Waals surface area contributed by atoms with Gasteiger partial charge in [-0.05, 0) is 57.7 Å². The quantitative estimate of drug-likeness (QED) is 0.890. The second kappa shape index (κ2) is 6.72. The van der Waals surface area contributed by atoms with Crippen LogP contribution >= 0.6 is 0 Å². The van der Waals surface area contributed by atoms with Gasteiger partial charge in [-0.25, -0.2) is 0 Å². The van der Waals surface area contributed by atoms with E-state index in [-0.39, 0.29) is 11.4 Å². The van der Waals surface area contributed by atoms with Gasteiger partial charge < -0.3 is 10.2 Å². The van der Waals surface area contributed by atoms with Crippen molar-refractivity contribution in [3.8, 4) is 0 Å². The van der Waals surface area contributed by atoms with E-state index >= 15 is 0 Å². The third-order valence-corrected chi connectivity index (χ3v) is 5.36. The average molecular weight is 326 g/mol. The van der Waals surface area contributed by atoms with Crippen molar-refractivity contribution in [3.05, 3.63) is 35.4 Å². The Kier molecular flexibility index (Phi) is 4.82. The highest BCUT2D eigenvalue weighted by atomic mass is 16.2. The Morgan fingerprint density at radius 3 is 2.62 bits per heavy atom. The van der Waals surface area contributed by atoms with Gasteiger partial charge in [0, 0.05) is 11.6 Å². The first-order chi connectivity index (χ1) is 11.4. The number of anilines is 1. The van der Waals surface area contributed by atoms with E-state index in [2.05, 4.69) is 57.3 Å². The number of hydrogen-bond donors (Lipinski definition) is 1. The summed E-state index contributed by atoms with van der Waals surface area (Å²) in [6.45, 7) is 8.90. The molecule has 1 aromatic rings. The second-order valence-corrected chi connectivity index (χ2v) is 7.95. The molecular formula is C21H30N2O. The first kappa shape index (κ1) is 17.2. The van der Waals surface area contributed by atoms with Crippen LogP contribution < -0.4 is 10.2 Å². The predicted molar refractivity (Wildman–Crippen MR) is 101 cm³/mol. The van der Waals surface area contributed by atoms with E-state index in [9.17, 15) is 4.79 Å². The van der Waals surface area contributed by atoms with Crippen LogP contribution in [-0.2, 0) is 4.79 Å². The Balaban J connectivity index is 1.82. The van der Waals surface area contributed by atoms with Gasteiger partial charge >= 0.3 is 0 Å². The fraction of sp³-hybridized carbons (Fsp3) is 0.571. The molecule has 1 N–H and O–H groups in total. The Morgan fingerprint density at radius 1 is 1.21 bits per heavy atom. The lowest BCUT2D eigenvalue weighted by molar-refractivity contribution is -0.118. The summed E-state index contributed by atoms with van der Waals surface area (Å²) in [4.78, 5) is 15.1. The molecule has 0 spiro atoms. The molecule has 0 bridgehead atoms. The topological polar surface area (TPSA) is 32.3 Å². The summed E-state index contributed by atoms with van der Waals surface area (Å²) in [5, 5.41) is 3.50. The Bertz CT molecular complexity index is 654. The zero-order valence-electron chi connectivity index (χ0n) is 15.5. The summed E-state index contributed by atoms with van der Waals surface area (Å²) in [6, 6.07) is 6.91. The molecule has 0 unspecified atom stereocenters. The zero-order valence-corrected chi connectivity index (χ0v) is 15.5. The van der Waals surface area contributed by atoms with Crippen LogP contribution in [0.1, 0.15) is 64.0 Å². The van der Waals surface area contributed by atoms with E-state index in [0.717, 1.165) is 5.69 Å². The average Bonchev–Trinajstić information content (AvgIpc) is 2.52. The van der Waals surface area contributed by atoms with Crippen molar-refractivity contribution >= 4 is 17.2 Å². The molecule has 1 heterocycles. The maximum Gasteiger partial charge on any atom is 0.241 e. The fourth-order valence-electron chi connectivity index (χ4n) is 4.22. The number of benzene rings is 1. The van der Waals surface area contributed by atoms with Gasteiger partial charge in [-0.2, -0.15) is 0 Å². The monoisotopic (exact) mass is 326 g/mol. The lowest BCUT2D eigenvalue weighted by atomic mass is 9.88. The van der Waals surface area contributed by atoms with Gasteiger partial charge in [0.1, 0.15) is 0 Å². The summed E-state index contributed by atoms with van der Waals surface area (Å²) < 4.78 is 0. The Morgan fingerprint density at radius 2 is 1.92 bits per heavy atom. The Labute approximate surface area is 146 Å². The molecular weight excluding hydrogens is 296 g/mol. The molecule has 1 amide bonds. The van der Waals surface area contributed by atoms with Crippen LogP contribution in [0.25, 0.3) is 5.57 Å². The summed E-state index contributed by atoms with van der Waals surface area (Å²) in [7, 11) is 0. The predicted octanol–water partition coefficient (Wildman–Crippen LogP) is 4.45. The standard InChI is InChI=1S/C21H30N2O/c1-15-10-11-18-16(2)13-21(3,4)23(19(18)12-15)20(24)14-22-17-8-6-5-7-9-17/h10-13,17,22H,5-9,14H2,1-4H3. The number of hydrogen-bond acceptors (Lipinski definition) is 2.